The van der Waals surface area contributed by atoms with E-state index in [1.165, 1.54) is 0 Å². The summed E-state index contributed by atoms with van der Waals surface area (Å²) in [7, 11) is -4.67. The molecule has 0 heterocycles. The Bertz CT molecular complexity index is 222. The fourth-order valence-electron chi connectivity index (χ4n) is 0. The number of aliphatic hydroxyl groups is 1. The van der Waals surface area contributed by atoms with Crippen molar-refractivity contribution < 1.29 is 31.0 Å². The van der Waals surface area contributed by atoms with Crippen LogP contribution in [0, 0.1) is 0 Å². The number of rotatable bonds is 1. The first kappa shape index (κ1) is 113. The summed E-state index contributed by atoms with van der Waals surface area (Å²) in [6.07, 6.45) is 0. The van der Waals surface area contributed by atoms with Gasteiger partial charge in [-0.3, -0.25) is 9.11 Å². The van der Waals surface area contributed by atoms with Crippen LogP contribution < -0.4 is 0 Å². The van der Waals surface area contributed by atoms with Crippen LogP contribution in [0.25, 0.3) is 0 Å². The molecule has 6 nitrogen and oxygen atoms in total. The normalized spacial score (nSPS) is 4.61. The molecule has 0 fully saturated rings. The summed E-state index contributed by atoms with van der Waals surface area (Å²) in [6.45, 7) is 32.0. The van der Waals surface area contributed by atoms with Gasteiger partial charge in [0.1, 0.15) is 0 Å². The summed E-state index contributed by atoms with van der Waals surface area (Å²) in [5, 5.41) is 10.7. The van der Waals surface area contributed by atoms with Gasteiger partial charge in [-0.25, -0.2) is 0 Å². The van der Waals surface area contributed by atoms with E-state index in [0.29, 0.717) is 0 Å². The van der Waals surface area contributed by atoms with E-state index < -0.39 is 10.4 Å². The molecular formula is C20H62Br6O6S. The molecule has 0 aromatic carbocycles. The van der Waals surface area contributed by atoms with E-state index >= 15 is 0 Å². The quantitative estimate of drug-likeness (QED) is 0.137. The van der Waals surface area contributed by atoms with Crippen molar-refractivity contribution >= 4 is 103 Å². The average Bonchev–Trinajstić information content (AvgIpc) is 2.71. The molecule has 0 unspecified atom stereocenters. The number of aliphatic hydroxyl groups excluding tert-OH is 1. The van der Waals surface area contributed by atoms with E-state index in [9.17, 15) is 0 Å². The minimum absolute atomic E-state index is 0. The van der Waals surface area contributed by atoms with Gasteiger partial charge < -0.3 is 10.6 Å². The summed E-state index contributed by atoms with van der Waals surface area (Å²) in [4.78, 5) is 0. The number of hydrogen-bond acceptors (Lipinski definition) is 3. The van der Waals surface area contributed by atoms with Gasteiger partial charge in [0.25, 0.3) is 0 Å². The molecule has 0 aliphatic rings. The Balaban J connectivity index is -0.00000000570. The molecule has 5 N–H and O–H groups in total. The van der Waals surface area contributed by atoms with Crippen LogP contribution in [0.4, 0.5) is 0 Å². The molecular weight excluding hydrogens is 848 g/mol. The lowest BCUT2D eigenvalue weighted by Crippen LogP contribution is -1.89. The smallest absolute Gasteiger partial charge is 0.394 e. The highest BCUT2D eigenvalue weighted by molar-refractivity contribution is 9.93. The predicted octanol–water partition coefficient (Wildman–Crippen LogP) is 11.2. The topological polar surface area (TPSA) is 126 Å². The van der Waals surface area contributed by atoms with Gasteiger partial charge in [0.05, 0.1) is 0 Å². The van der Waals surface area contributed by atoms with Crippen LogP contribution in [-0.4, -0.2) is 50.7 Å². The Hall–Kier alpha value is 1.63. The highest BCUT2D eigenvalue weighted by Gasteiger charge is 1.84. The van der Waals surface area contributed by atoms with Crippen LogP contribution >= 0.6 is 93.0 Å². The molecule has 13 heteroatoms. The van der Waals surface area contributed by atoms with Gasteiger partial charge in [0.2, 0.25) is 0 Å². The lowest BCUT2D eigenvalue weighted by Gasteiger charge is -1.68. The molecule has 0 aliphatic heterocycles. The van der Waals surface area contributed by atoms with E-state index in [1.54, 1.807) is 6.92 Å². The van der Waals surface area contributed by atoms with Gasteiger partial charge in [-0.2, -0.15) is 8.42 Å². The van der Waals surface area contributed by atoms with Gasteiger partial charge in [0, 0.05) is 53.7 Å². The van der Waals surface area contributed by atoms with Crippen molar-refractivity contribution in [3.63, 3.8) is 0 Å². The standard InChI is InChI=1S/C2H4Br2.C2H5Br.C2H6O.C2H6.4C2H4.4CH4.Br2.BrH.H2O4S.H2O.2H2/c3-1-2-4;2*1-2-3;5*1-2;;;;;1-2;;1-5(2,3)4;;;/h1-2H2;2H2,1H3;3H,2H2,1H3;1-2H3;4*1-2H2;4*1H4;;1H;(H2,1,2,3,4);1H2;2*1H. The van der Waals surface area contributed by atoms with Crippen molar-refractivity contribution in [1.82, 2.24) is 0 Å². The molecule has 0 saturated carbocycles. The summed E-state index contributed by atoms with van der Waals surface area (Å²) in [5.74, 6) is 0. The Kier molecular flexibility index (Phi) is 905. The lowest BCUT2D eigenvalue weighted by molar-refractivity contribution is 0.318. The summed E-state index contributed by atoms with van der Waals surface area (Å²) in [5.41, 5.74) is 0. The third-order valence-electron chi connectivity index (χ3n) is 0.0714. The van der Waals surface area contributed by atoms with E-state index in [0.717, 1.165) is 16.0 Å². The molecule has 0 rings (SSSR count). The number of alkyl halides is 3. The van der Waals surface area contributed by atoms with E-state index in [2.05, 4.69) is 129 Å². The van der Waals surface area contributed by atoms with Gasteiger partial charge in [0.15, 0.2) is 0 Å². The highest BCUT2D eigenvalue weighted by Crippen LogP contribution is 1.85. The zero-order chi connectivity index (χ0) is 25.3. The maximum Gasteiger partial charge on any atom is 0.394 e. The van der Waals surface area contributed by atoms with Crippen molar-refractivity contribution in [1.29, 1.82) is 0 Å². The number of halogens is 6. The largest absolute Gasteiger partial charge is 0.412 e. The molecule has 0 aliphatic carbocycles. The van der Waals surface area contributed by atoms with E-state index in [4.69, 9.17) is 22.6 Å². The fourth-order valence-corrected chi connectivity index (χ4v) is 0. The van der Waals surface area contributed by atoms with Crippen molar-refractivity contribution in [2.45, 2.75) is 57.4 Å². The molecule has 0 atom stereocenters. The number of hydrogen-bond donors (Lipinski definition) is 3. The van der Waals surface area contributed by atoms with E-state index in [1.807, 2.05) is 20.8 Å². The summed E-state index contributed by atoms with van der Waals surface area (Å²) in [6, 6.07) is 0. The van der Waals surface area contributed by atoms with Crippen LogP contribution in [0.3, 0.4) is 0 Å². The maximum absolute atomic E-state index is 8.74. The maximum atomic E-state index is 8.74. The Morgan fingerprint density at radius 1 is 0.697 bits per heavy atom. The van der Waals surface area contributed by atoms with Crippen molar-refractivity contribution in [3.8, 4) is 0 Å². The van der Waals surface area contributed by atoms with Gasteiger partial charge >= 0.3 is 10.4 Å². The Morgan fingerprint density at radius 3 is 0.727 bits per heavy atom. The van der Waals surface area contributed by atoms with Crippen LogP contribution in [0.1, 0.15) is 60.3 Å². The van der Waals surface area contributed by atoms with Crippen LogP contribution in [0.2, 0.25) is 0 Å². The molecule has 0 saturated heterocycles. The minimum atomic E-state index is -4.67. The van der Waals surface area contributed by atoms with Crippen molar-refractivity contribution in [2.75, 3.05) is 22.6 Å². The summed E-state index contributed by atoms with van der Waals surface area (Å²) < 4.78 is 31.6. The zero-order valence-corrected chi connectivity index (χ0v) is 28.3. The van der Waals surface area contributed by atoms with Crippen molar-refractivity contribution in [3.05, 3.63) is 52.6 Å². The highest BCUT2D eigenvalue weighted by atomic mass is 80.9. The second-order valence-corrected chi connectivity index (χ2v) is 5.01. The molecule has 0 radical (unpaired) electrons. The minimum Gasteiger partial charge on any atom is -0.412 e. The Morgan fingerprint density at radius 2 is 0.727 bits per heavy atom. The lowest BCUT2D eigenvalue weighted by atomic mass is 10.9. The molecule has 0 aromatic rings. The molecule has 0 amide bonds. The average molecular weight is 910 g/mol. The third-order valence-corrected chi connectivity index (χ3v) is 1.93. The van der Waals surface area contributed by atoms with Gasteiger partial charge in [-0.05, 0) is 6.92 Å². The van der Waals surface area contributed by atoms with Crippen LogP contribution in [-0.2, 0) is 10.4 Å². The zero-order valence-electron chi connectivity index (χ0n) is 17.8. The fraction of sp³-hybridized carbons (Fsp3) is 0.600. The SMILES string of the molecule is Br.BrBr.BrCCBr.C.C.C.C.C=C.C=C.C=C.C=C.CC.CCBr.CCO.O.O=S(=O)(O)O.[HH].[HH]. The van der Waals surface area contributed by atoms with Gasteiger partial charge in [-0.15, -0.1) is 69.6 Å². The third kappa shape index (κ3) is 4860. The first-order valence-electron chi connectivity index (χ1n) is 6.87. The second-order valence-electron chi connectivity index (χ2n) is 1.41. The summed E-state index contributed by atoms with van der Waals surface area (Å²) >= 11 is 15.0. The van der Waals surface area contributed by atoms with Gasteiger partial charge in [-0.1, -0.05) is 98.3 Å². The first-order valence-corrected chi connectivity index (χ1v) is 15.3. The molecule has 0 spiro atoms. The Labute approximate surface area is 264 Å². The van der Waals surface area contributed by atoms with Crippen LogP contribution in [0.5, 0.6) is 0 Å². The predicted molar refractivity (Wildman–Crippen MR) is 193 cm³/mol. The molecule has 0 bridgehead atoms. The van der Waals surface area contributed by atoms with E-state index in [-0.39, 0.29) is 61.6 Å². The van der Waals surface area contributed by atoms with Crippen molar-refractivity contribution in [2.24, 2.45) is 0 Å². The second kappa shape index (κ2) is 265. The molecule has 0 aromatic heterocycles. The molecule has 33 heavy (non-hydrogen) atoms. The molecule has 226 valence electrons. The van der Waals surface area contributed by atoms with Crippen LogP contribution in [0.15, 0.2) is 52.6 Å². The monoisotopic (exact) mass is 904 g/mol. The first-order chi connectivity index (χ1) is 12.7.